The summed E-state index contributed by atoms with van der Waals surface area (Å²) in [5.41, 5.74) is 0.868. The van der Waals surface area contributed by atoms with Crippen LogP contribution in [-0.4, -0.2) is 19.1 Å². The molecule has 0 saturated heterocycles. The normalized spacial score (nSPS) is 11.2. The van der Waals surface area contributed by atoms with Crippen LogP contribution in [0.5, 0.6) is 11.5 Å². The molecule has 1 N–H and O–H groups in total. The molecule has 0 aliphatic rings. The molecule has 0 spiro atoms. The zero-order chi connectivity index (χ0) is 21.5. The van der Waals surface area contributed by atoms with Crippen LogP contribution >= 0.6 is 0 Å². The second-order valence-corrected chi connectivity index (χ2v) is 6.17. The summed E-state index contributed by atoms with van der Waals surface area (Å²) in [6.45, 7) is -1.06. The SMILES string of the molecule is CCOc1cc(/C=C(\C#N)C(=O)Nc2cccc3ccccc23)ccc1OC(F)F. The zero-order valence-corrected chi connectivity index (χ0v) is 16.1. The van der Waals surface area contributed by atoms with E-state index in [0.29, 0.717) is 11.3 Å². The van der Waals surface area contributed by atoms with Gasteiger partial charge in [0.25, 0.3) is 5.91 Å². The lowest BCUT2D eigenvalue weighted by Crippen LogP contribution is -2.13. The summed E-state index contributed by atoms with van der Waals surface area (Å²) in [7, 11) is 0. The molecule has 0 aromatic heterocycles. The van der Waals surface area contributed by atoms with E-state index in [1.54, 1.807) is 13.0 Å². The van der Waals surface area contributed by atoms with Crippen molar-refractivity contribution in [1.29, 1.82) is 5.26 Å². The van der Waals surface area contributed by atoms with Gasteiger partial charge >= 0.3 is 6.61 Å². The van der Waals surface area contributed by atoms with Gasteiger partial charge in [0.05, 0.1) is 6.61 Å². The lowest BCUT2D eigenvalue weighted by atomic mass is 10.1. The Kier molecular flexibility index (Phi) is 6.60. The summed E-state index contributed by atoms with van der Waals surface area (Å²) < 4.78 is 34.8. The Labute approximate surface area is 172 Å². The highest BCUT2D eigenvalue weighted by atomic mass is 19.3. The summed E-state index contributed by atoms with van der Waals surface area (Å²) in [6.07, 6.45) is 1.36. The van der Waals surface area contributed by atoms with E-state index < -0.39 is 12.5 Å². The number of fused-ring (bicyclic) bond motifs is 1. The topological polar surface area (TPSA) is 71.3 Å². The predicted octanol–water partition coefficient (Wildman–Crippen LogP) is 5.39. The number of nitrogens with zero attached hydrogens (tertiary/aromatic N) is 1. The summed E-state index contributed by atoms with van der Waals surface area (Å²) >= 11 is 0. The number of ether oxygens (including phenoxy) is 2. The molecule has 5 nitrogen and oxygen atoms in total. The van der Waals surface area contributed by atoms with Gasteiger partial charge in [-0.1, -0.05) is 42.5 Å². The molecule has 0 saturated carbocycles. The number of anilines is 1. The Morgan fingerprint density at radius 1 is 1.13 bits per heavy atom. The molecule has 7 heteroatoms. The molecule has 0 unspecified atom stereocenters. The second kappa shape index (κ2) is 9.52. The predicted molar refractivity (Wildman–Crippen MR) is 110 cm³/mol. The molecule has 0 atom stereocenters. The van der Waals surface area contributed by atoms with E-state index in [4.69, 9.17) is 4.74 Å². The minimum absolute atomic E-state index is 0.0956. The summed E-state index contributed by atoms with van der Waals surface area (Å²) in [6, 6.07) is 19.1. The van der Waals surface area contributed by atoms with Gasteiger partial charge in [-0.2, -0.15) is 14.0 Å². The maximum atomic E-state index is 12.7. The fourth-order valence-electron chi connectivity index (χ4n) is 2.92. The van der Waals surface area contributed by atoms with E-state index >= 15 is 0 Å². The van der Waals surface area contributed by atoms with Gasteiger partial charge in [-0.3, -0.25) is 4.79 Å². The number of amides is 1. The number of rotatable bonds is 7. The molecule has 30 heavy (non-hydrogen) atoms. The number of halogens is 2. The van der Waals surface area contributed by atoms with Crippen molar-refractivity contribution >= 4 is 28.4 Å². The smallest absolute Gasteiger partial charge is 0.387 e. The number of carbonyl (C=O) groups is 1. The molecule has 3 rings (SSSR count). The van der Waals surface area contributed by atoms with Crippen LogP contribution in [0.15, 0.2) is 66.2 Å². The van der Waals surface area contributed by atoms with Gasteiger partial charge in [-0.15, -0.1) is 0 Å². The van der Waals surface area contributed by atoms with Crippen molar-refractivity contribution in [3.63, 3.8) is 0 Å². The quantitative estimate of drug-likeness (QED) is 0.421. The highest BCUT2D eigenvalue weighted by Crippen LogP contribution is 2.31. The van der Waals surface area contributed by atoms with Crippen molar-refractivity contribution < 1.29 is 23.0 Å². The van der Waals surface area contributed by atoms with E-state index in [2.05, 4.69) is 10.1 Å². The lowest BCUT2D eigenvalue weighted by molar-refractivity contribution is -0.112. The highest BCUT2D eigenvalue weighted by molar-refractivity contribution is 6.12. The molecule has 3 aromatic carbocycles. The largest absolute Gasteiger partial charge is 0.490 e. The molecule has 3 aromatic rings. The monoisotopic (exact) mass is 408 g/mol. The van der Waals surface area contributed by atoms with Crippen LogP contribution in [0.4, 0.5) is 14.5 Å². The summed E-state index contributed by atoms with van der Waals surface area (Å²) in [5, 5.41) is 14.0. The van der Waals surface area contributed by atoms with E-state index in [0.717, 1.165) is 10.8 Å². The Morgan fingerprint density at radius 2 is 1.90 bits per heavy atom. The first kappa shape index (κ1) is 20.8. The Bertz CT molecular complexity index is 1130. The van der Waals surface area contributed by atoms with Crippen molar-refractivity contribution in [2.24, 2.45) is 0 Å². The number of hydrogen-bond acceptors (Lipinski definition) is 4. The number of alkyl halides is 2. The van der Waals surface area contributed by atoms with Crippen LogP contribution in [0.25, 0.3) is 16.8 Å². The average Bonchev–Trinajstić information content (AvgIpc) is 2.74. The van der Waals surface area contributed by atoms with Crippen LogP contribution in [0.1, 0.15) is 12.5 Å². The van der Waals surface area contributed by atoms with Gasteiger partial charge in [0.15, 0.2) is 11.5 Å². The number of hydrogen-bond donors (Lipinski definition) is 1. The number of nitriles is 1. The van der Waals surface area contributed by atoms with Gasteiger partial charge in [0.2, 0.25) is 0 Å². The van der Waals surface area contributed by atoms with E-state index in [-0.39, 0.29) is 23.7 Å². The molecular weight excluding hydrogens is 390 g/mol. The van der Waals surface area contributed by atoms with Crippen LogP contribution in [0.3, 0.4) is 0 Å². The third-order valence-electron chi connectivity index (χ3n) is 4.20. The maximum absolute atomic E-state index is 12.7. The minimum Gasteiger partial charge on any atom is -0.490 e. The third kappa shape index (κ3) is 4.92. The summed E-state index contributed by atoms with van der Waals surface area (Å²) in [5.74, 6) is -0.610. The number of benzene rings is 3. The van der Waals surface area contributed by atoms with Crippen LogP contribution in [0, 0.1) is 11.3 Å². The van der Waals surface area contributed by atoms with Crippen molar-refractivity contribution in [3.05, 3.63) is 71.8 Å². The first-order valence-corrected chi connectivity index (χ1v) is 9.14. The van der Waals surface area contributed by atoms with Crippen molar-refractivity contribution in [2.45, 2.75) is 13.5 Å². The maximum Gasteiger partial charge on any atom is 0.387 e. The Balaban J connectivity index is 1.88. The van der Waals surface area contributed by atoms with Crippen molar-refractivity contribution in [2.75, 3.05) is 11.9 Å². The first-order valence-electron chi connectivity index (χ1n) is 9.14. The molecular formula is C23H18F2N2O3. The third-order valence-corrected chi connectivity index (χ3v) is 4.20. The average molecular weight is 408 g/mol. The number of nitrogens with one attached hydrogen (secondary N) is 1. The van der Waals surface area contributed by atoms with E-state index in [1.165, 1.54) is 24.3 Å². The van der Waals surface area contributed by atoms with Crippen molar-refractivity contribution in [1.82, 2.24) is 0 Å². The minimum atomic E-state index is -2.99. The van der Waals surface area contributed by atoms with E-state index in [9.17, 15) is 18.8 Å². The van der Waals surface area contributed by atoms with Gasteiger partial charge in [0.1, 0.15) is 11.6 Å². The second-order valence-electron chi connectivity index (χ2n) is 6.17. The zero-order valence-electron chi connectivity index (χ0n) is 16.1. The fraction of sp³-hybridized carbons (Fsp3) is 0.130. The molecule has 0 fully saturated rings. The molecule has 0 radical (unpaired) electrons. The van der Waals surface area contributed by atoms with Crippen LogP contribution in [0.2, 0.25) is 0 Å². The number of carbonyl (C=O) groups excluding carboxylic acids is 1. The fourth-order valence-corrected chi connectivity index (χ4v) is 2.92. The molecule has 152 valence electrons. The molecule has 0 heterocycles. The van der Waals surface area contributed by atoms with Crippen molar-refractivity contribution in [3.8, 4) is 17.6 Å². The molecule has 0 aliphatic heterocycles. The standard InChI is InChI=1S/C23H18F2N2O3/c1-2-29-21-13-15(10-11-20(21)30-23(24)25)12-17(14-26)22(28)27-19-9-5-7-16-6-3-4-8-18(16)19/h3-13,23H,2H2,1H3,(H,27,28)/b17-12+. The Morgan fingerprint density at radius 3 is 2.63 bits per heavy atom. The van der Waals surface area contributed by atoms with Gasteiger partial charge in [-0.25, -0.2) is 0 Å². The van der Waals surface area contributed by atoms with E-state index in [1.807, 2.05) is 42.5 Å². The van der Waals surface area contributed by atoms with Gasteiger partial charge in [-0.05, 0) is 42.1 Å². The highest BCUT2D eigenvalue weighted by Gasteiger charge is 2.14. The Hall–Kier alpha value is -3.92. The lowest BCUT2D eigenvalue weighted by Gasteiger charge is -2.12. The van der Waals surface area contributed by atoms with Crippen LogP contribution < -0.4 is 14.8 Å². The molecule has 0 bridgehead atoms. The van der Waals surface area contributed by atoms with Gasteiger partial charge < -0.3 is 14.8 Å². The molecule has 1 amide bonds. The summed E-state index contributed by atoms with van der Waals surface area (Å²) in [4.78, 5) is 12.7. The van der Waals surface area contributed by atoms with Crippen LogP contribution in [-0.2, 0) is 4.79 Å². The van der Waals surface area contributed by atoms with Gasteiger partial charge in [0, 0.05) is 11.1 Å². The molecule has 0 aliphatic carbocycles. The first-order chi connectivity index (χ1) is 14.5.